The minimum absolute atomic E-state index is 0.139. The molecule has 0 aromatic heterocycles. The van der Waals surface area contributed by atoms with Crippen molar-refractivity contribution in [2.45, 2.75) is 97.4 Å². The highest BCUT2D eigenvalue weighted by molar-refractivity contribution is 5.76. The van der Waals surface area contributed by atoms with E-state index in [1.165, 1.54) is 0 Å². The maximum atomic E-state index is 14.3. The molecule has 1 heterocycles. The van der Waals surface area contributed by atoms with E-state index in [2.05, 4.69) is 4.74 Å². The standard InChI is InChI=1S/C23H20F26N2O2/c1-2-53-11(52)10-9-50(5-3-12(24,25)14(28,29)16(32,33)18(36,37)20(40,41)22(44,45)46)7-8-51(10)6-4-13(26,27)15(30,31)17(34,35)19(38,39)21(42,43)23(47,48)49/h10H,2-9H2,1H3. The molecule has 53 heavy (non-hydrogen) atoms. The number of carbonyl (C=O) groups is 1. The summed E-state index contributed by atoms with van der Waals surface area (Å²) in [5.74, 6) is -79.4. The summed E-state index contributed by atoms with van der Waals surface area (Å²) in [4.78, 5) is 12.7. The molecule has 0 N–H and O–H groups in total. The first-order chi connectivity index (χ1) is 23.0. The van der Waals surface area contributed by atoms with E-state index < -0.39 is 136 Å². The third kappa shape index (κ3) is 7.85. The molecular weight excluding hydrogens is 830 g/mol. The second-order valence-electron chi connectivity index (χ2n) is 11.1. The predicted octanol–water partition coefficient (Wildman–Crippen LogP) is 8.79. The summed E-state index contributed by atoms with van der Waals surface area (Å²) in [5.41, 5.74) is 0. The van der Waals surface area contributed by atoms with Crippen LogP contribution in [-0.2, 0) is 9.53 Å². The van der Waals surface area contributed by atoms with Gasteiger partial charge in [-0.3, -0.25) is 14.6 Å². The maximum absolute atomic E-state index is 14.3. The average molecular weight is 850 g/mol. The van der Waals surface area contributed by atoms with E-state index in [1.807, 2.05) is 0 Å². The van der Waals surface area contributed by atoms with E-state index >= 15 is 0 Å². The van der Waals surface area contributed by atoms with Crippen LogP contribution in [0, 0.1) is 0 Å². The van der Waals surface area contributed by atoms with E-state index in [0.717, 1.165) is 6.92 Å². The van der Waals surface area contributed by atoms with Crippen LogP contribution in [0.3, 0.4) is 0 Å². The van der Waals surface area contributed by atoms with E-state index in [0.29, 0.717) is 0 Å². The second kappa shape index (κ2) is 14.3. The van der Waals surface area contributed by atoms with Gasteiger partial charge < -0.3 is 4.74 Å². The number of halogens is 26. The first-order valence-corrected chi connectivity index (χ1v) is 13.6. The van der Waals surface area contributed by atoms with Crippen molar-refractivity contribution in [2.24, 2.45) is 0 Å². The molecule has 1 rings (SSSR count). The van der Waals surface area contributed by atoms with Crippen molar-refractivity contribution in [1.82, 2.24) is 9.80 Å². The summed E-state index contributed by atoms with van der Waals surface area (Å²) in [6.45, 7) is -7.19. The minimum atomic E-state index is -8.25. The zero-order chi connectivity index (χ0) is 42.7. The Bertz CT molecular complexity index is 1270. The van der Waals surface area contributed by atoms with Crippen LogP contribution in [0.5, 0.6) is 0 Å². The SMILES string of the molecule is CCOC(=O)C1CN(CCC(F)(F)C(F)(F)C(F)(F)C(F)(F)C(F)(F)C(F)(F)F)CCN1CCC(F)(F)C(F)(F)C(F)(F)C(F)(F)C(F)(F)C(F)(F)F. The molecule has 316 valence electrons. The van der Waals surface area contributed by atoms with Crippen molar-refractivity contribution in [3.8, 4) is 0 Å². The first-order valence-electron chi connectivity index (χ1n) is 13.6. The Hall–Kier alpha value is -2.43. The molecular formula is C23H20F26N2O2. The van der Waals surface area contributed by atoms with E-state index in [1.54, 1.807) is 0 Å². The summed E-state index contributed by atoms with van der Waals surface area (Å²) in [6, 6.07) is -2.34. The molecule has 0 aromatic rings. The molecule has 1 saturated heterocycles. The molecule has 1 fully saturated rings. The van der Waals surface area contributed by atoms with Gasteiger partial charge in [0.15, 0.2) is 0 Å². The highest BCUT2D eigenvalue weighted by Gasteiger charge is 2.92. The first kappa shape index (κ1) is 48.6. The van der Waals surface area contributed by atoms with Crippen LogP contribution in [0.1, 0.15) is 19.8 Å². The molecule has 0 spiro atoms. The van der Waals surface area contributed by atoms with Gasteiger partial charge in [-0.2, -0.15) is 114 Å². The molecule has 0 aliphatic carbocycles. The van der Waals surface area contributed by atoms with Crippen molar-refractivity contribution in [1.29, 1.82) is 0 Å². The van der Waals surface area contributed by atoms with Crippen LogP contribution in [0.4, 0.5) is 114 Å². The van der Waals surface area contributed by atoms with Gasteiger partial charge in [-0.1, -0.05) is 0 Å². The second-order valence-corrected chi connectivity index (χ2v) is 11.1. The number of nitrogens with zero attached hydrogens (tertiary/aromatic N) is 2. The van der Waals surface area contributed by atoms with Gasteiger partial charge in [0.2, 0.25) is 0 Å². The molecule has 4 nitrogen and oxygen atoms in total. The highest BCUT2D eigenvalue weighted by Crippen LogP contribution is 2.62. The van der Waals surface area contributed by atoms with Gasteiger partial charge in [0.25, 0.3) is 0 Å². The summed E-state index contributed by atoms with van der Waals surface area (Å²) >= 11 is 0. The average Bonchev–Trinajstić information content (AvgIpc) is 2.97. The molecule has 1 aliphatic rings. The molecule has 0 aromatic carbocycles. The summed E-state index contributed by atoms with van der Waals surface area (Å²) in [7, 11) is 0. The van der Waals surface area contributed by atoms with Gasteiger partial charge in [0.1, 0.15) is 6.04 Å². The lowest BCUT2D eigenvalue weighted by atomic mass is 9.92. The Morgan fingerprint density at radius 3 is 1.13 bits per heavy atom. The maximum Gasteiger partial charge on any atom is 0.460 e. The smallest absolute Gasteiger partial charge is 0.460 e. The van der Waals surface area contributed by atoms with Crippen LogP contribution < -0.4 is 0 Å². The van der Waals surface area contributed by atoms with Crippen molar-refractivity contribution in [3.63, 3.8) is 0 Å². The molecule has 30 heteroatoms. The van der Waals surface area contributed by atoms with Crippen LogP contribution in [0.2, 0.25) is 0 Å². The van der Waals surface area contributed by atoms with Crippen LogP contribution in [-0.4, -0.2) is 133 Å². The molecule has 1 atom stereocenters. The number of piperazine rings is 1. The van der Waals surface area contributed by atoms with Gasteiger partial charge in [-0.05, 0) is 6.92 Å². The van der Waals surface area contributed by atoms with Crippen molar-refractivity contribution >= 4 is 5.97 Å². The fourth-order valence-corrected chi connectivity index (χ4v) is 4.31. The van der Waals surface area contributed by atoms with Gasteiger partial charge in [-0.15, -0.1) is 0 Å². The summed E-state index contributed by atoms with van der Waals surface area (Å²) in [6.07, 6.45) is -21.2. The Morgan fingerprint density at radius 2 is 0.811 bits per heavy atom. The third-order valence-corrected chi connectivity index (χ3v) is 7.59. The molecule has 0 bridgehead atoms. The van der Waals surface area contributed by atoms with Crippen LogP contribution in [0.25, 0.3) is 0 Å². The molecule has 1 aliphatic heterocycles. The quantitative estimate of drug-likeness (QED) is 0.115. The van der Waals surface area contributed by atoms with Gasteiger partial charge >= 0.3 is 77.5 Å². The Kier molecular flexibility index (Phi) is 13.1. The number of ether oxygens (including phenoxy) is 1. The number of carbonyl (C=O) groups excluding carboxylic acids is 1. The molecule has 0 amide bonds. The predicted molar refractivity (Wildman–Crippen MR) is 119 cm³/mol. The van der Waals surface area contributed by atoms with Crippen molar-refractivity contribution in [3.05, 3.63) is 0 Å². The fourth-order valence-electron chi connectivity index (χ4n) is 4.31. The molecule has 0 radical (unpaired) electrons. The molecule has 1 unspecified atom stereocenters. The lowest BCUT2D eigenvalue weighted by molar-refractivity contribution is -0.440. The highest BCUT2D eigenvalue weighted by atomic mass is 19.4. The van der Waals surface area contributed by atoms with Gasteiger partial charge in [-0.25, -0.2) is 0 Å². The topological polar surface area (TPSA) is 32.8 Å². The number of alkyl halides is 26. The number of hydrogen-bond donors (Lipinski definition) is 0. The van der Waals surface area contributed by atoms with Crippen LogP contribution >= 0.6 is 0 Å². The lowest BCUT2D eigenvalue weighted by Gasteiger charge is -2.43. The van der Waals surface area contributed by atoms with E-state index in [4.69, 9.17) is 0 Å². The molecule has 0 saturated carbocycles. The van der Waals surface area contributed by atoms with Crippen molar-refractivity contribution < 1.29 is 124 Å². The lowest BCUT2D eigenvalue weighted by Crippen LogP contribution is -2.70. The number of hydrogen-bond acceptors (Lipinski definition) is 4. The monoisotopic (exact) mass is 850 g/mol. The van der Waals surface area contributed by atoms with E-state index in [9.17, 15) is 119 Å². The van der Waals surface area contributed by atoms with Gasteiger partial charge in [0.05, 0.1) is 6.61 Å². The Balaban J connectivity index is 3.30. The summed E-state index contributed by atoms with van der Waals surface area (Å²) in [5, 5.41) is 0. The van der Waals surface area contributed by atoms with Crippen molar-refractivity contribution in [2.75, 3.05) is 39.3 Å². The Morgan fingerprint density at radius 1 is 0.491 bits per heavy atom. The number of rotatable bonds is 16. The normalized spacial score (nSPS) is 19.5. The summed E-state index contributed by atoms with van der Waals surface area (Å²) < 4.78 is 352. The third-order valence-electron chi connectivity index (χ3n) is 7.59. The fraction of sp³-hybridized carbons (Fsp3) is 0.957. The van der Waals surface area contributed by atoms with Crippen LogP contribution in [0.15, 0.2) is 0 Å². The van der Waals surface area contributed by atoms with E-state index in [-0.39, 0.29) is 9.80 Å². The zero-order valence-electron chi connectivity index (χ0n) is 25.3. The van der Waals surface area contributed by atoms with Gasteiger partial charge in [0, 0.05) is 45.6 Å². The Labute approximate surface area is 277 Å². The largest absolute Gasteiger partial charge is 0.465 e. The zero-order valence-corrected chi connectivity index (χ0v) is 25.3. The number of esters is 1. The minimum Gasteiger partial charge on any atom is -0.465 e.